The van der Waals surface area contributed by atoms with Gasteiger partial charge >= 0.3 is 0 Å². The zero-order valence-corrected chi connectivity index (χ0v) is 19.5. The van der Waals surface area contributed by atoms with Crippen LogP contribution in [0.5, 0.6) is 0 Å². The number of anilines is 1. The van der Waals surface area contributed by atoms with E-state index < -0.39 is 0 Å². The van der Waals surface area contributed by atoms with Gasteiger partial charge in [0.25, 0.3) is 5.91 Å². The molecule has 1 saturated heterocycles. The predicted molar refractivity (Wildman–Crippen MR) is 134 cm³/mol. The van der Waals surface area contributed by atoms with E-state index in [-0.39, 0.29) is 5.91 Å². The summed E-state index contributed by atoms with van der Waals surface area (Å²) in [5, 5.41) is 8.39. The molecule has 2 aliphatic heterocycles. The molecule has 1 aromatic carbocycles. The fourth-order valence-corrected chi connectivity index (χ4v) is 5.11. The second kappa shape index (κ2) is 10.7. The Bertz CT molecular complexity index is 1010. The minimum Gasteiger partial charge on any atom is -0.496 e. The number of hydrogen-bond acceptors (Lipinski definition) is 5. The number of nitrogens with one attached hydrogen (secondary N) is 2. The Labute approximate surface area is 194 Å². The number of benzene rings is 1. The highest BCUT2D eigenvalue weighted by atomic mass is 32.1. The number of amides is 1. The first kappa shape index (κ1) is 22.4. The van der Waals surface area contributed by atoms with Crippen LogP contribution in [0.15, 0.2) is 60.2 Å². The molecule has 0 radical (unpaired) electrons. The molecule has 4 rings (SSSR count). The van der Waals surface area contributed by atoms with Gasteiger partial charge in [0.1, 0.15) is 5.76 Å². The smallest absolute Gasteiger partial charge is 0.262 e. The third kappa shape index (κ3) is 5.14. The van der Waals surface area contributed by atoms with Crippen molar-refractivity contribution in [2.75, 3.05) is 45.2 Å². The van der Waals surface area contributed by atoms with Crippen molar-refractivity contribution in [1.82, 2.24) is 10.2 Å². The monoisotopic (exact) mass is 449 g/mol. The SMILES string of the molecule is C=C1/C(c2ccc(NCCN3CCCCC3)cc2)=C(OC)\C=C/CNC(=O)c2sccc21. The topological polar surface area (TPSA) is 53.6 Å². The molecule has 3 heterocycles. The molecule has 2 aromatic rings. The number of hydrogen-bond donors (Lipinski definition) is 2. The summed E-state index contributed by atoms with van der Waals surface area (Å²) in [7, 11) is 1.67. The number of fused-ring (bicyclic) bond motifs is 1. The van der Waals surface area contributed by atoms with Crippen LogP contribution in [0.4, 0.5) is 5.69 Å². The van der Waals surface area contributed by atoms with Gasteiger partial charge in [0.15, 0.2) is 0 Å². The highest BCUT2D eigenvalue weighted by molar-refractivity contribution is 7.12. The van der Waals surface area contributed by atoms with E-state index in [1.54, 1.807) is 7.11 Å². The molecule has 0 spiro atoms. The van der Waals surface area contributed by atoms with Crippen LogP contribution in [0.3, 0.4) is 0 Å². The van der Waals surface area contributed by atoms with Gasteiger partial charge in [-0.05, 0) is 66.7 Å². The third-order valence-corrected chi connectivity index (χ3v) is 6.91. The van der Waals surface area contributed by atoms with Gasteiger partial charge in [0.05, 0.1) is 12.0 Å². The molecule has 32 heavy (non-hydrogen) atoms. The van der Waals surface area contributed by atoms with E-state index >= 15 is 0 Å². The fourth-order valence-electron chi connectivity index (χ4n) is 4.27. The van der Waals surface area contributed by atoms with Crippen molar-refractivity contribution in [3.05, 3.63) is 76.2 Å². The molecule has 1 amide bonds. The lowest BCUT2D eigenvalue weighted by Gasteiger charge is -2.26. The Balaban J connectivity index is 1.56. The van der Waals surface area contributed by atoms with Crippen molar-refractivity contribution in [1.29, 1.82) is 0 Å². The Morgan fingerprint density at radius 3 is 2.69 bits per heavy atom. The van der Waals surface area contributed by atoms with Gasteiger partial charge in [0, 0.05) is 36.5 Å². The van der Waals surface area contributed by atoms with Gasteiger partial charge in [-0.15, -0.1) is 11.3 Å². The molecule has 0 aliphatic carbocycles. The van der Waals surface area contributed by atoms with Gasteiger partial charge in [0.2, 0.25) is 0 Å². The molecule has 0 unspecified atom stereocenters. The summed E-state index contributed by atoms with van der Waals surface area (Å²) in [6, 6.07) is 10.3. The van der Waals surface area contributed by atoms with Crippen LogP contribution >= 0.6 is 11.3 Å². The van der Waals surface area contributed by atoms with Gasteiger partial charge < -0.3 is 20.3 Å². The number of rotatable bonds is 6. The lowest BCUT2D eigenvalue weighted by Crippen LogP contribution is -2.33. The molecule has 1 fully saturated rings. The highest BCUT2D eigenvalue weighted by Crippen LogP contribution is 2.37. The summed E-state index contributed by atoms with van der Waals surface area (Å²) in [5.41, 5.74) is 4.64. The summed E-state index contributed by atoms with van der Waals surface area (Å²) in [5.74, 6) is 0.656. The summed E-state index contributed by atoms with van der Waals surface area (Å²) >= 11 is 1.43. The molecule has 5 nitrogen and oxygen atoms in total. The van der Waals surface area contributed by atoms with Crippen molar-refractivity contribution >= 4 is 34.1 Å². The van der Waals surface area contributed by atoms with Crippen LogP contribution < -0.4 is 10.6 Å². The van der Waals surface area contributed by atoms with E-state index in [9.17, 15) is 4.79 Å². The van der Waals surface area contributed by atoms with Crippen molar-refractivity contribution in [2.24, 2.45) is 0 Å². The standard InChI is InChI=1S/C26H31N3O2S/c1-19-22-12-18-32-25(22)26(30)28-13-6-7-23(31-2)24(19)20-8-10-21(11-9-20)27-14-17-29-15-4-3-5-16-29/h6-12,18,27H,1,3-5,13-17H2,2H3,(H,28,30)/b7-6-,24-23-. The zero-order valence-electron chi connectivity index (χ0n) is 18.7. The number of ether oxygens (including phenoxy) is 1. The molecule has 1 aromatic heterocycles. The Hall–Kier alpha value is -2.83. The summed E-state index contributed by atoms with van der Waals surface area (Å²) in [6.45, 7) is 9.24. The zero-order chi connectivity index (χ0) is 22.3. The predicted octanol–water partition coefficient (Wildman–Crippen LogP) is 5.02. The van der Waals surface area contributed by atoms with Crippen LogP contribution in [-0.4, -0.2) is 50.6 Å². The van der Waals surface area contributed by atoms with Gasteiger partial charge in [-0.25, -0.2) is 0 Å². The molecular weight excluding hydrogens is 418 g/mol. The summed E-state index contributed by atoms with van der Waals surface area (Å²) in [6.07, 6.45) is 7.81. The van der Waals surface area contributed by atoms with Crippen LogP contribution in [0, 0.1) is 0 Å². The van der Waals surface area contributed by atoms with E-state index in [0.29, 0.717) is 11.4 Å². The van der Waals surface area contributed by atoms with Crippen molar-refractivity contribution in [3.8, 4) is 0 Å². The lowest BCUT2D eigenvalue weighted by molar-refractivity contribution is 0.0961. The van der Waals surface area contributed by atoms with Gasteiger partial charge in [-0.1, -0.05) is 31.2 Å². The maximum Gasteiger partial charge on any atom is 0.262 e. The van der Waals surface area contributed by atoms with E-state index in [1.165, 1.54) is 43.7 Å². The minimum atomic E-state index is -0.0747. The molecule has 0 atom stereocenters. The largest absolute Gasteiger partial charge is 0.496 e. The molecule has 0 saturated carbocycles. The Kier molecular flexibility index (Phi) is 7.45. The highest BCUT2D eigenvalue weighted by Gasteiger charge is 2.21. The van der Waals surface area contributed by atoms with Gasteiger partial charge in [-0.3, -0.25) is 4.79 Å². The molecule has 6 heteroatoms. The van der Waals surface area contributed by atoms with E-state index in [4.69, 9.17) is 4.74 Å². The van der Waals surface area contributed by atoms with E-state index in [2.05, 4.69) is 46.4 Å². The average molecular weight is 450 g/mol. The number of piperidine rings is 1. The lowest BCUT2D eigenvalue weighted by atomic mass is 9.92. The number of carbonyl (C=O) groups is 1. The molecule has 2 N–H and O–H groups in total. The normalized spacial score (nSPS) is 20.9. The third-order valence-electron chi connectivity index (χ3n) is 5.99. The first-order chi connectivity index (χ1) is 15.7. The van der Waals surface area contributed by atoms with Crippen LogP contribution in [0.1, 0.15) is 40.1 Å². The quantitative estimate of drug-likeness (QED) is 0.650. The van der Waals surface area contributed by atoms with Crippen LogP contribution in [0.2, 0.25) is 0 Å². The molecular formula is C26H31N3O2S. The maximum absolute atomic E-state index is 12.5. The van der Waals surface area contributed by atoms with E-state index in [1.807, 2.05) is 23.6 Å². The minimum absolute atomic E-state index is 0.0747. The number of methoxy groups -OCH3 is 1. The van der Waals surface area contributed by atoms with Crippen LogP contribution in [0.25, 0.3) is 11.1 Å². The fraction of sp³-hybridized carbons (Fsp3) is 0.346. The average Bonchev–Trinajstić information content (AvgIpc) is 3.32. The number of allylic oxidation sites excluding steroid dienone is 3. The molecule has 2 aliphatic rings. The first-order valence-corrected chi connectivity index (χ1v) is 12.1. The maximum atomic E-state index is 12.5. The molecule has 168 valence electrons. The number of thiophene rings is 1. The van der Waals surface area contributed by atoms with Crippen molar-refractivity contribution in [2.45, 2.75) is 19.3 Å². The number of nitrogens with zero attached hydrogens (tertiary/aromatic N) is 1. The second-order valence-corrected chi connectivity index (χ2v) is 9.02. The molecule has 0 bridgehead atoms. The second-order valence-electron chi connectivity index (χ2n) is 8.10. The van der Waals surface area contributed by atoms with Crippen LogP contribution in [-0.2, 0) is 4.74 Å². The van der Waals surface area contributed by atoms with Crippen molar-refractivity contribution < 1.29 is 9.53 Å². The summed E-state index contributed by atoms with van der Waals surface area (Å²) in [4.78, 5) is 15.8. The Morgan fingerprint density at radius 1 is 1.16 bits per heavy atom. The first-order valence-electron chi connectivity index (χ1n) is 11.2. The number of carbonyl (C=O) groups excluding carboxylic acids is 1. The van der Waals surface area contributed by atoms with Crippen molar-refractivity contribution in [3.63, 3.8) is 0 Å². The van der Waals surface area contributed by atoms with E-state index in [0.717, 1.165) is 46.8 Å². The number of likely N-dealkylation sites (tertiary alicyclic amines) is 1. The Morgan fingerprint density at radius 2 is 1.94 bits per heavy atom. The van der Waals surface area contributed by atoms with Gasteiger partial charge in [-0.2, -0.15) is 0 Å². The summed E-state index contributed by atoms with van der Waals surface area (Å²) < 4.78 is 5.74.